The van der Waals surface area contributed by atoms with Gasteiger partial charge >= 0.3 is 5.97 Å². The molecule has 0 spiro atoms. The number of hydrogen-bond donors (Lipinski definition) is 2. The lowest BCUT2D eigenvalue weighted by atomic mass is 10.1. The Morgan fingerprint density at radius 1 is 1.57 bits per heavy atom. The Kier molecular flexibility index (Phi) is 4.65. The number of nitrogen functional groups attached to an aromatic ring is 1. The first kappa shape index (κ1) is 15.1. The average Bonchev–Trinajstić information content (AvgIpc) is 2.76. The highest BCUT2D eigenvalue weighted by molar-refractivity contribution is 5.72. The number of aliphatic hydroxyl groups excluding tert-OH is 1. The van der Waals surface area contributed by atoms with Crippen molar-refractivity contribution >= 4 is 17.6 Å². The zero-order valence-corrected chi connectivity index (χ0v) is 11.9. The summed E-state index contributed by atoms with van der Waals surface area (Å²) in [6.07, 6.45) is 0.927. The molecule has 1 aromatic rings. The minimum absolute atomic E-state index is 0.120. The van der Waals surface area contributed by atoms with Crippen LogP contribution in [0.25, 0.3) is 0 Å². The van der Waals surface area contributed by atoms with Gasteiger partial charge in [-0.2, -0.15) is 10.4 Å². The molecule has 0 unspecified atom stereocenters. The summed E-state index contributed by atoms with van der Waals surface area (Å²) in [7, 11) is 0. The molecule has 114 valence electrons. The van der Waals surface area contributed by atoms with Crippen molar-refractivity contribution in [2.24, 2.45) is 0 Å². The maximum atomic E-state index is 11.5. The molecule has 1 saturated heterocycles. The highest BCUT2D eigenvalue weighted by atomic mass is 16.5. The minimum atomic E-state index is -0.447. The van der Waals surface area contributed by atoms with Crippen LogP contribution in [0.4, 0.5) is 11.6 Å². The molecule has 0 saturated carbocycles. The third-order valence-corrected chi connectivity index (χ3v) is 3.43. The third kappa shape index (κ3) is 3.25. The molecule has 8 nitrogen and oxygen atoms in total. The summed E-state index contributed by atoms with van der Waals surface area (Å²) in [6, 6.07) is 2.03. The van der Waals surface area contributed by atoms with Crippen molar-refractivity contribution in [3.63, 3.8) is 0 Å². The predicted molar refractivity (Wildman–Crippen MR) is 75.4 cm³/mol. The number of aromatic nitrogens is 2. The molecule has 1 aliphatic rings. The molecule has 0 radical (unpaired) electrons. The number of nitrogens with two attached hydrogens (primary N) is 1. The molecule has 1 aliphatic heterocycles. The molecular weight excluding hydrogens is 274 g/mol. The van der Waals surface area contributed by atoms with E-state index in [0.717, 1.165) is 0 Å². The van der Waals surface area contributed by atoms with Crippen molar-refractivity contribution in [1.29, 1.82) is 5.26 Å². The summed E-state index contributed by atoms with van der Waals surface area (Å²) in [4.78, 5) is 13.4. The van der Waals surface area contributed by atoms with Crippen molar-refractivity contribution < 1.29 is 14.6 Å². The Hall–Kier alpha value is -2.27. The maximum absolute atomic E-state index is 11.5. The second-order valence-electron chi connectivity index (χ2n) is 4.88. The molecule has 0 atom stereocenters. The topological polar surface area (TPSA) is 117 Å². The van der Waals surface area contributed by atoms with Gasteiger partial charge in [-0.1, -0.05) is 0 Å². The predicted octanol–water partition coefficient (Wildman–Crippen LogP) is -0.139. The number of nitriles is 1. The van der Waals surface area contributed by atoms with Crippen LogP contribution in [0.3, 0.4) is 0 Å². The molecule has 21 heavy (non-hydrogen) atoms. The monoisotopic (exact) mass is 293 g/mol. The molecule has 8 heteroatoms. The van der Waals surface area contributed by atoms with Crippen molar-refractivity contribution in [2.75, 3.05) is 30.3 Å². The summed E-state index contributed by atoms with van der Waals surface area (Å²) in [5, 5.41) is 23.1. The average molecular weight is 293 g/mol. The first-order chi connectivity index (χ1) is 10.1. The fourth-order valence-corrected chi connectivity index (χ4v) is 2.32. The van der Waals surface area contributed by atoms with Gasteiger partial charge in [0.05, 0.1) is 12.7 Å². The third-order valence-electron chi connectivity index (χ3n) is 3.43. The van der Waals surface area contributed by atoms with Gasteiger partial charge < -0.3 is 20.5 Å². The number of ether oxygens (including phenoxy) is 1. The van der Waals surface area contributed by atoms with E-state index in [0.29, 0.717) is 31.7 Å². The van der Waals surface area contributed by atoms with Gasteiger partial charge in [-0.15, -0.1) is 0 Å². The quantitative estimate of drug-likeness (QED) is 0.742. The van der Waals surface area contributed by atoms with Crippen molar-refractivity contribution in [2.45, 2.75) is 32.4 Å². The summed E-state index contributed by atoms with van der Waals surface area (Å²) < 4.78 is 6.15. The molecule has 2 heterocycles. The SMILES string of the molecule is CCOC(=O)Cn1nc(N2CCC(O)CC2)c(C#N)c1N. The second kappa shape index (κ2) is 6.45. The van der Waals surface area contributed by atoms with Crippen LogP contribution in [-0.2, 0) is 16.1 Å². The van der Waals surface area contributed by atoms with Gasteiger partial charge in [-0.05, 0) is 19.8 Å². The van der Waals surface area contributed by atoms with Crippen LogP contribution in [-0.4, -0.2) is 46.7 Å². The Labute approximate surface area is 122 Å². The normalized spacial score (nSPS) is 15.8. The van der Waals surface area contributed by atoms with Gasteiger partial charge in [-0.3, -0.25) is 4.79 Å². The Morgan fingerprint density at radius 2 is 2.24 bits per heavy atom. The summed E-state index contributed by atoms with van der Waals surface area (Å²) in [6.45, 7) is 3.08. The number of carbonyl (C=O) groups excluding carboxylic acids is 1. The Balaban J connectivity index is 2.22. The van der Waals surface area contributed by atoms with E-state index in [-0.39, 0.29) is 30.6 Å². The maximum Gasteiger partial charge on any atom is 0.327 e. The van der Waals surface area contributed by atoms with Crippen LogP contribution in [0.15, 0.2) is 0 Å². The fraction of sp³-hybridized carbons (Fsp3) is 0.615. The highest BCUT2D eigenvalue weighted by Gasteiger charge is 2.25. The molecule has 2 rings (SSSR count). The van der Waals surface area contributed by atoms with Gasteiger partial charge in [0.1, 0.15) is 24.0 Å². The standard InChI is InChI=1S/C13H19N5O3/c1-2-21-11(20)8-18-12(15)10(7-14)13(16-18)17-5-3-9(19)4-6-17/h9,19H,2-6,8,15H2,1H3. The van der Waals surface area contributed by atoms with Gasteiger partial charge in [0, 0.05) is 13.1 Å². The van der Waals surface area contributed by atoms with E-state index in [1.54, 1.807) is 6.92 Å². The number of rotatable bonds is 4. The molecule has 0 amide bonds. The van der Waals surface area contributed by atoms with E-state index in [2.05, 4.69) is 5.10 Å². The van der Waals surface area contributed by atoms with Crippen molar-refractivity contribution in [1.82, 2.24) is 9.78 Å². The van der Waals surface area contributed by atoms with Crippen LogP contribution in [0, 0.1) is 11.3 Å². The molecule has 0 bridgehead atoms. The van der Waals surface area contributed by atoms with E-state index in [1.165, 1.54) is 4.68 Å². The van der Waals surface area contributed by atoms with E-state index in [4.69, 9.17) is 10.5 Å². The number of carbonyl (C=O) groups is 1. The Morgan fingerprint density at radius 3 is 2.81 bits per heavy atom. The molecule has 3 N–H and O–H groups in total. The summed E-state index contributed by atoms with van der Waals surface area (Å²) >= 11 is 0. The van der Waals surface area contributed by atoms with Crippen molar-refractivity contribution in [3.05, 3.63) is 5.56 Å². The number of piperidine rings is 1. The van der Waals surface area contributed by atoms with Crippen LogP contribution in [0.5, 0.6) is 0 Å². The zero-order valence-electron chi connectivity index (χ0n) is 11.9. The second-order valence-corrected chi connectivity index (χ2v) is 4.88. The lowest BCUT2D eigenvalue weighted by Crippen LogP contribution is -2.36. The number of aliphatic hydroxyl groups is 1. The minimum Gasteiger partial charge on any atom is -0.465 e. The van der Waals surface area contributed by atoms with E-state index >= 15 is 0 Å². The number of nitrogens with zero attached hydrogens (tertiary/aromatic N) is 4. The van der Waals surface area contributed by atoms with Crippen LogP contribution in [0.2, 0.25) is 0 Å². The number of hydrogen-bond acceptors (Lipinski definition) is 7. The molecular formula is C13H19N5O3. The summed E-state index contributed by atoms with van der Waals surface area (Å²) in [5.74, 6) is 0.176. The van der Waals surface area contributed by atoms with E-state index in [9.17, 15) is 15.2 Å². The largest absolute Gasteiger partial charge is 0.465 e. The van der Waals surface area contributed by atoms with Crippen LogP contribution >= 0.6 is 0 Å². The first-order valence-electron chi connectivity index (χ1n) is 6.91. The molecule has 1 aromatic heterocycles. The lowest BCUT2D eigenvalue weighted by molar-refractivity contribution is -0.143. The van der Waals surface area contributed by atoms with Crippen LogP contribution < -0.4 is 10.6 Å². The van der Waals surface area contributed by atoms with Gasteiger partial charge in [0.25, 0.3) is 0 Å². The highest BCUT2D eigenvalue weighted by Crippen LogP contribution is 2.27. The van der Waals surface area contributed by atoms with E-state index < -0.39 is 5.97 Å². The summed E-state index contributed by atoms with van der Waals surface area (Å²) in [5.41, 5.74) is 6.15. The van der Waals surface area contributed by atoms with Crippen LogP contribution in [0.1, 0.15) is 25.3 Å². The van der Waals surface area contributed by atoms with E-state index in [1.807, 2.05) is 11.0 Å². The lowest BCUT2D eigenvalue weighted by Gasteiger charge is -2.29. The molecule has 1 fully saturated rings. The zero-order chi connectivity index (χ0) is 15.4. The van der Waals surface area contributed by atoms with Gasteiger partial charge in [0.15, 0.2) is 5.82 Å². The number of esters is 1. The smallest absolute Gasteiger partial charge is 0.327 e. The fourth-order valence-electron chi connectivity index (χ4n) is 2.32. The first-order valence-corrected chi connectivity index (χ1v) is 6.91. The van der Waals surface area contributed by atoms with Gasteiger partial charge in [-0.25, -0.2) is 4.68 Å². The number of anilines is 2. The van der Waals surface area contributed by atoms with Gasteiger partial charge in [0.2, 0.25) is 0 Å². The molecule has 0 aliphatic carbocycles. The Bertz CT molecular complexity index is 555. The van der Waals surface area contributed by atoms with Crippen molar-refractivity contribution in [3.8, 4) is 6.07 Å². The molecule has 0 aromatic carbocycles.